The molecule has 0 fully saturated rings. The maximum Gasteiger partial charge on any atom is 0.0107 e. The summed E-state index contributed by atoms with van der Waals surface area (Å²) in [4.78, 5) is 5.71. The van der Waals surface area contributed by atoms with Crippen LogP contribution in [0.25, 0.3) is 11.1 Å². The molecular weight excluding hydrogens is 558 g/mol. The van der Waals surface area contributed by atoms with Crippen molar-refractivity contribution in [3.8, 4) is 11.1 Å². The van der Waals surface area contributed by atoms with Crippen LogP contribution < -0.4 is 31.8 Å². The monoisotopic (exact) mass is 590 g/mol. The van der Waals surface area contributed by atoms with Crippen molar-refractivity contribution in [3.05, 3.63) is 141 Å². The maximum atomic E-state index is 2.34. The third-order valence-electron chi connectivity index (χ3n) is 7.21. The Balaban J connectivity index is 1.65. The average molecular weight is 591 g/mol. The smallest absolute Gasteiger partial charge is 0.0107 e. The van der Waals surface area contributed by atoms with E-state index < -0.39 is 15.8 Å². The molecule has 2 aromatic heterocycles. The van der Waals surface area contributed by atoms with Gasteiger partial charge in [0.1, 0.15) is 0 Å². The van der Waals surface area contributed by atoms with Gasteiger partial charge in [-0.3, -0.25) is 0 Å². The number of rotatable bonds is 7. The lowest BCUT2D eigenvalue weighted by atomic mass is 10.1. The number of hydrogen-bond donors (Lipinski definition) is 0. The van der Waals surface area contributed by atoms with Crippen LogP contribution in [0, 0.1) is 27.7 Å². The van der Waals surface area contributed by atoms with Crippen LogP contribution in [0.15, 0.2) is 121 Å². The molecule has 4 aromatic carbocycles. The van der Waals surface area contributed by atoms with Crippen LogP contribution in [0.1, 0.15) is 19.5 Å². The molecule has 0 radical (unpaired) electrons. The predicted molar refractivity (Wildman–Crippen MR) is 184 cm³/mol. The Morgan fingerprint density at radius 2 is 0.600 bits per heavy atom. The Morgan fingerprint density at radius 1 is 0.350 bits per heavy atom. The van der Waals surface area contributed by atoms with Gasteiger partial charge in [-0.25, -0.2) is 0 Å². The molecule has 0 atom stereocenters. The minimum Gasteiger partial charge on any atom is -0.145 e. The number of hydrogen-bond acceptors (Lipinski definition) is 2. The lowest BCUT2D eigenvalue weighted by molar-refractivity contribution is 1.57. The number of benzene rings is 4. The molecule has 6 rings (SSSR count). The van der Waals surface area contributed by atoms with Crippen LogP contribution in [0.3, 0.4) is 0 Å². The van der Waals surface area contributed by atoms with E-state index in [2.05, 4.69) is 149 Å². The van der Waals surface area contributed by atoms with Gasteiger partial charge >= 0.3 is 0 Å². The second-order valence-corrected chi connectivity index (χ2v) is 17.0. The molecule has 0 aliphatic carbocycles. The molecule has 0 saturated carbocycles. The van der Waals surface area contributed by atoms with E-state index in [4.69, 9.17) is 0 Å². The molecule has 0 aliphatic rings. The van der Waals surface area contributed by atoms with Crippen molar-refractivity contribution in [1.82, 2.24) is 0 Å². The van der Waals surface area contributed by atoms with Gasteiger partial charge in [-0.2, -0.15) is 0 Å². The number of aryl methyl sites for hydroxylation is 4. The third-order valence-corrected chi connectivity index (χ3v) is 14.8. The first-order chi connectivity index (χ1) is 19.5. The molecule has 0 aliphatic heterocycles. The molecule has 0 saturated heterocycles. The maximum absolute atomic E-state index is 2.34. The van der Waals surface area contributed by atoms with Crippen molar-refractivity contribution in [2.24, 2.45) is 0 Å². The lowest BCUT2D eigenvalue weighted by Gasteiger charge is -2.25. The van der Waals surface area contributed by atoms with Gasteiger partial charge in [-0.15, -0.1) is 22.7 Å². The van der Waals surface area contributed by atoms with Gasteiger partial charge in [0, 0.05) is 41.2 Å². The molecule has 4 heteroatoms. The molecule has 2 heterocycles. The van der Waals surface area contributed by atoms with Crippen LogP contribution in [-0.4, -0.2) is 0 Å². The van der Waals surface area contributed by atoms with E-state index in [0.29, 0.717) is 0 Å². The van der Waals surface area contributed by atoms with Gasteiger partial charge in [0.05, 0.1) is 0 Å². The highest BCUT2D eigenvalue weighted by atomic mass is 32.1. The fraction of sp³-hybridized carbons (Fsp3) is 0.111. The Labute approximate surface area is 248 Å². The molecule has 0 nitrogen and oxygen atoms in total. The minimum absolute atomic E-state index is 0.711. The van der Waals surface area contributed by atoms with Crippen molar-refractivity contribution in [3.63, 3.8) is 0 Å². The molecule has 6 aromatic rings. The van der Waals surface area contributed by atoms with Crippen molar-refractivity contribution in [2.75, 3.05) is 0 Å². The van der Waals surface area contributed by atoms with Crippen molar-refractivity contribution < 1.29 is 0 Å². The average Bonchev–Trinajstić information content (AvgIpc) is 3.43. The molecule has 198 valence electrons. The summed E-state index contributed by atoms with van der Waals surface area (Å²) in [6.45, 7) is 9.35. The highest BCUT2D eigenvalue weighted by Crippen LogP contribution is 2.48. The Kier molecular flexibility index (Phi) is 8.15. The van der Waals surface area contributed by atoms with Crippen LogP contribution in [0.5, 0.6) is 0 Å². The first-order valence-corrected chi connectivity index (χ1v) is 17.9. The summed E-state index contributed by atoms with van der Waals surface area (Å²) in [7, 11) is -1.42. The van der Waals surface area contributed by atoms with Gasteiger partial charge in [-0.05, 0) is 64.8 Å². The summed E-state index contributed by atoms with van der Waals surface area (Å²) in [5.74, 6) is 0. The van der Waals surface area contributed by atoms with E-state index in [1.165, 1.54) is 62.5 Å². The highest BCUT2D eigenvalue weighted by Gasteiger charge is 2.32. The predicted octanol–water partition coefficient (Wildman–Crippen LogP) is 8.23. The molecule has 0 amide bonds. The third kappa shape index (κ3) is 5.15. The first-order valence-electron chi connectivity index (χ1n) is 13.6. The zero-order chi connectivity index (χ0) is 27.6. The summed E-state index contributed by atoms with van der Waals surface area (Å²) in [6, 6.07) is 44.6. The molecule has 40 heavy (non-hydrogen) atoms. The summed E-state index contributed by atoms with van der Waals surface area (Å²) in [6.07, 6.45) is 0. The van der Waals surface area contributed by atoms with E-state index in [9.17, 15) is 0 Å². The second-order valence-electron chi connectivity index (χ2n) is 9.89. The first kappa shape index (κ1) is 27.3. The van der Waals surface area contributed by atoms with Gasteiger partial charge in [-0.1, -0.05) is 121 Å². The standard InChI is InChI=1S/C36H32P2S2/c1-25-33(35(27(3)39-25)37(29-17-9-5-10-18-29)30-19-11-6-12-20-30)34-26(2)40-28(4)36(34)38(31-21-13-7-14-22-31)32-23-15-8-16-24-32/h5-24H,1-4H3. The summed E-state index contributed by atoms with van der Waals surface area (Å²) in [5.41, 5.74) is 2.94. The second kappa shape index (κ2) is 11.9. The Hall–Kier alpha value is -2.86. The molecular formula is C36H32P2S2. The van der Waals surface area contributed by atoms with Crippen LogP contribution >= 0.6 is 38.5 Å². The summed E-state index contributed by atoms with van der Waals surface area (Å²) < 4.78 is 0. The summed E-state index contributed by atoms with van der Waals surface area (Å²) >= 11 is 3.93. The van der Waals surface area contributed by atoms with Crippen molar-refractivity contribution >= 4 is 70.3 Å². The van der Waals surface area contributed by atoms with E-state index in [1.807, 2.05) is 22.7 Å². The Morgan fingerprint density at radius 3 is 0.850 bits per heavy atom. The zero-order valence-corrected chi connectivity index (χ0v) is 26.7. The topological polar surface area (TPSA) is 0 Å². The van der Waals surface area contributed by atoms with Crippen molar-refractivity contribution in [1.29, 1.82) is 0 Å². The normalized spacial score (nSPS) is 11.4. The van der Waals surface area contributed by atoms with Gasteiger partial charge in [0.2, 0.25) is 0 Å². The lowest BCUT2D eigenvalue weighted by Crippen LogP contribution is -2.26. The highest BCUT2D eigenvalue weighted by molar-refractivity contribution is 7.81. The van der Waals surface area contributed by atoms with Crippen LogP contribution in [-0.2, 0) is 0 Å². The SMILES string of the molecule is Cc1sc(C)c(P(c2ccccc2)c2ccccc2)c1-c1c(C)sc(C)c1P(c1ccccc1)c1ccccc1. The molecule has 0 N–H and O–H groups in total. The minimum atomic E-state index is -0.711. The molecule has 0 spiro atoms. The largest absolute Gasteiger partial charge is 0.145 e. The fourth-order valence-corrected chi connectivity index (χ4v) is 13.6. The zero-order valence-electron chi connectivity index (χ0n) is 23.3. The fourth-order valence-electron chi connectivity index (χ4n) is 5.59. The molecule has 0 bridgehead atoms. The quantitative estimate of drug-likeness (QED) is 0.164. The van der Waals surface area contributed by atoms with Crippen molar-refractivity contribution in [2.45, 2.75) is 27.7 Å². The van der Waals surface area contributed by atoms with Gasteiger partial charge < -0.3 is 0 Å². The van der Waals surface area contributed by atoms with E-state index >= 15 is 0 Å². The van der Waals surface area contributed by atoms with Gasteiger partial charge in [0.25, 0.3) is 0 Å². The van der Waals surface area contributed by atoms with E-state index in [-0.39, 0.29) is 0 Å². The van der Waals surface area contributed by atoms with Crippen LogP contribution in [0.2, 0.25) is 0 Å². The Bertz CT molecular complexity index is 1510. The summed E-state index contributed by atoms with van der Waals surface area (Å²) in [5, 5.41) is 8.67. The van der Waals surface area contributed by atoms with Gasteiger partial charge in [0.15, 0.2) is 0 Å². The van der Waals surface area contributed by atoms with E-state index in [1.54, 1.807) is 0 Å². The van der Waals surface area contributed by atoms with Crippen LogP contribution in [0.4, 0.5) is 0 Å². The molecule has 0 unspecified atom stereocenters. The number of thiophene rings is 2. The van der Waals surface area contributed by atoms with E-state index in [0.717, 1.165) is 0 Å².